The lowest BCUT2D eigenvalue weighted by Crippen LogP contribution is -2.64. The van der Waals surface area contributed by atoms with Crippen LogP contribution in [-0.4, -0.2) is 83.1 Å². The van der Waals surface area contributed by atoms with Gasteiger partial charge >= 0.3 is 0 Å². The SMILES string of the molecule is COc1ccc2cc(C(=O)N3CC(N4CCN(c5ncccn5)CC4)C3)[nH]c2c1. The number of carbonyl (C=O) groups is 1. The molecule has 2 aliphatic heterocycles. The molecule has 0 aliphatic carbocycles. The Morgan fingerprint density at radius 1 is 1.10 bits per heavy atom. The predicted octanol–water partition coefficient (Wildman–Crippen LogP) is 1.61. The minimum atomic E-state index is 0.0627. The van der Waals surface area contributed by atoms with Gasteiger partial charge in [0.05, 0.1) is 7.11 Å². The average molecular weight is 392 g/mol. The summed E-state index contributed by atoms with van der Waals surface area (Å²) in [5, 5.41) is 1.02. The van der Waals surface area contributed by atoms with Crippen LogP contribution < -0.4 is 9.64 Å². The van der Waals surface area contributed by atoms with Crippen molar-refractivity contribution in [1.29, 1.82) is 0 Å². The van der Waals surface area contributed by atoms with Crippen molar-refractivity contribution in [1.82, 2.24) is 24.8 Å². The van der Waals surface area contributed by atoms with Gasteiger partial charge in [0, 0.05) is 74.7 Å². The third kappa shape index (κ3) is 3.40. The molecule has 8 nitrogen and oxygen atoms in total. The number of anilines is 1. The van der Waals surface area contributed by atoms with Gasteiger partial charge in [0.25, 0.3) is 5.91 Å². The van der Waals surface area contributed by atoms with Crippen LogP contribution in [0.3, 0.4) is 0 Å². The first-order valence-corrected chi connectivity index (χ1v) is 9.93. The Morgan fingerprint density at radius 3 is 2.59 bits per heavy atom. The Bertz CT molecular complexity index is 1010. The van der Waals surface area contributed by atoms with Crippen LogP contribution in [0, 0.1) is 0 Å². The fraction of sp³-hybridized carbons (Fsp3) is 0.381. The average Bonchev–Trinajstić information content (AvgIpc) is 3.17. The number of amides is 1. The lowest BCUT2D eigenvalue weighted by molar-refractivity contribution is 0.0242. The Hall–Kier alpha value is -3.13. The molecule has 4 heterocycles. The van der Waals surface area contributed by atoms with Gasteiger partial charge in [-0.15, -0.1) is 0 Å². The largest absolute Gasteiger partial charge is 0.497 e. The number of hydrogen-bond acceptors (Lipinski definition) is 6. The highest BCUT2D eigenvalue weighted by Gasteiger charge is 2.37. The van der Waals surface area contributed by atoms with Crippen molar-refractivity contribution in [2.24, 2.45) is 0 Å². The third-order valence-corrected chi connectivity index (χ3v) is 5.88. The molecule has 150 valence electrons. The molecular weight excluding hydrogens is 368 g/mol. The number of carbonyl (C=O) groups excluding carboxylic acids is 1. The number of hydrogen-bond donors (Lipinski definition) is 1. The summed E-state index contributed by atoms with van der Waals surface area (Å²) in [4.78, 5) is 31.3. The number of fused-ring (bicyclic) bond motifs is 1. The summed E-state index contributed by atoms with van der Waals surface area (Å²) in [5.41, 5.74) is 1.56. The second-order valence-electron chi connectivity index (χ2n) is 7.57. The molecule has 0 atom stereocenters. The van der Waals surface area contributed by atoms with Gasteiger partial charge in [-0.1, -0.05) is 0 Å². The first kappa shape index (κ1) is 17.9. The number of aromatic amines is 1. The summed E-state index contributed by atoms with van der Waals surface area (Å²) in [7, 11) is 1.64. The number of aromatic nitrogens is 3. The Morgan fingerprint density at radius 2 is 1.86 bits per heavy atom. The Balaban J connectivity index is 1.17. The van der Waals surface area contributed by atoms with Crippen molar-refractivity contribution in [3.63, 3.8) is 0 Å². The monoisotopic (exact) mass is 392 g/mol. The van der Waals surface area contributed by atoms with Gasteiger partial charge in [0.2, 0.25) is 5.95 Å². The number of methoxy groups -OCH3 is 1. The second-order valence-corrected chi connectivity index (χ2v) is 7.57. The van der Waals surface area contributed by atoms with E-state index in [1.807, 2.05) is 35.2 Å². The van der Waals surface area contributed by atoms with E-state index in [9.17, 15) is 4.79 Å². The van der Waals surface area contributed by atoms with Crippen molar-refractivity contribution >= 4 is 22.8 Å². The summed E-state index contributed by atoms with van der Waals surface area (Å²) < 4.78 is 5.26. The summed E-state index contributed by atoms with van der Waals surface area (Å²) in [6.07, 6.45) is 3.56. The molecule has 5 rings (SSSR count). The van der Waals surface area contributed by atoms with E-state index in [0.29, 0.717) is 11.7 Å². The normalized spacial score (nSPS) is 18.1. The van der Waals surface area contributed by atoms with Gasteiger partial charge in [0.15, 0.2) is 0 Å². The van der Waals surface area contributed by atoms with Crippen LogP contribution in [-0.2, 0) is 0 Å². The quantitative estimate of drug-likeness (QED) is 0.727. The molecule has 2 aliphatic rings. The van der Waals surface area contributed by atoms with Crippen LogP contribution >= 0.6 is 0 Å². The summed E-state index contributed by atoms with van der Waals surface area (Å²) in [6.45, 7) is 5.32. The standard InChI is InChI=1S/C21H24N6O2/c1-29-17-4-3-15-11-19(24-18(15)12-17)20(28)27-13-16(14-27)25-7-9-26(10-8-25)21-22-5-2-6-23-21/h2-6,11-12,16,24H,7-10,13-14H2,1H3. The molecule has 2 fully saturated rings. The van der Waals surface area contributed by atoms with Gasteiger partial charge in [-0.05, 0) is 24.3 Å². The van der Waals surface area contributed by atoms with Gasteiger partial charge < -0.3 is 19.5 Å². The first-order chi connectivity index (χ1) is 14.2. The topological polar surface area (TPSA) is 77.6 Å². The molecule has 8 heteroatoms. The molecule has 0 bridgehead atoms. The molecule has 2 saturated heterocycles. The smallest absolute Gasteiger partial charge is 0.270 e. The lowest BCUT2D eigenvalue weighted by atomic mass is 10.1. The number of nitrogens with one attached hydrogen (secondary N) is 1. The zero-order valence-electron chi connectivity index (χ0n) is 16.4. The predicted molar refractivity (Wildman–Crippen MR) is 110 cm³/mol. The van der Waals surface area contributed by atoms with E-state index in [4.69, 9.17) is 4.74 Å². The molecule has 0 spiro atoms. The number of benzene rings is 1. The van der Waals surface area contributed by atoms with Crippen LogP contribution in [0.4, 0.5) is 5.95 Å². The number of H-pyrrole nitrogens is 1. The second kappa shape index (κ2) is 7.36. The lowest BCUT2D eigenvalue weighted by Gasteiger charge is -2.48. The summed E-state index contributed by atoms with van der Waals surface area (Å²) in [5.74, 6) is 1.64. The zero-order chi connectivity index (χ0) is 19.8. The minimum absolute atomic E-state index is 0.0627. The van der Waals surface area contributed by atoms with E-state index in [1.54, 1.807) is 19.5 Å². The van der Waals surface area contributed by atoms with Crippen LogP contribution in [0.2, 0.25) is 0 Å². The molecule has 0 radical (unpaired) electrons. The number of ether oxygens (including phenoxy) is 1. The maximum Gasteiger partial charge on any atom is 0.270 e. The molecule has 1 aromatic carbocycles. The summed E-state index contributed by atoms with van der Waals surface area (Å²) >= 11 is 0. The number of likely N-dealkylation sites (tertiary alicyclic amines) is 1. The van der Waals surface area contributed by atoms with Crippen molar-refractivity contribution < 1.29 is 9.53 Å². The number of rotatable bonds is 4. The molecular formula is C21H24N6O2. The van der Waals surface area contributed by atoms with Gasteiger partial charge in [0.1, 0.15) is 11.4 Å². The third-order valence-electron chi connectivity index (χ3n) is 5.88. The maximum atomic E-state index is 12.8. The van der Waals surface area contributed by atoms with Gasteiger partial charge in [-0.25, -0.2) is 9.97 Å². The molecule has 2 aromatic heterocycles. The fourth-order valence-corrected chi connectivity index (χ4v) is 4.11. The van der Waals surface area contributed by atoms with Crippen molar-refractivity contribution in [2.45, 2.75) is 6.04 Å². The zero-order valence-corrected chi connectivity index (χ0v) is 16.4. The maximum absolute atomic E-state index is 12.8. The molecule has 0 unspecified atom stereocenters. The highest BCUT2D eigenvalue weighted by Crippen LogP contribution is 2.24. The van der Waals surface area contributed by atoms with Crippen LogP contribution in [0.5, 0.6) is 5.75 Å². The molecule has 1 N–H and O–H groups in total. The van der Waals surface area contributed by atoms with E-state index in [2.05, 4.69) is 24.8 Å². The van der Waals surface area contributed by atoms with E-state index in [0.717, 1.165) is 61.9 Å². The van der Waals surface area contributed by atoms with Crippen molar-refractivity contribution in [2.75, 3.05) is 51.3 Å². The van der Waals surface area contributed by atoms with Crippen LogP contribution in [0.1, 0.15) is 10.5 Å². The Kier molecular flexibility index (Phi) is 4.55. The molecule has 0 saturated carbocycles. The Labute approximate surface area is 169 Å². The van der Waals surface area contributed by atoms with Crippen LogP contribution in [0.25, 0.3) is 10.9 Å². The van der Waals surface area contributed by atoms with Crippen LogP contribution in [0.15, 0.2) is 42.7 Å². The number of piperazine rings is 1. The van der Waals surface area contributed by atoms with Gasteiger partial charge in [-0.2, -0.15) is 0 Å². The van der Waals surface area contributed by atoms with Crippen molar-refractivity contribution in [3.05, 3.63) is 48.4 Å². The fourth-order valence-electron chi connectivity index (χ4n) is 4.11. The molecule has 1 amide bonds. The van der Waals surface area contributed by atoms with E-state index in [-0.39, 0.29) is 5.91 Å². The van der Waals surface area contributed by atoms with E-state index < -0.39 is 0 Å². The number of nitrogens with zero attached hydrogens (tertiary/aromatic N) is 5. The molecule has 29 heavy (non-hydrogen) atoms. The van der Waals surface area contributed by atoms with Crippen molar-refractivity contribution in [3.8, 4) is 5.75 Å². The van der Waals surface area contributed by atoms with Gasteiger partial charge in [-0.3, -0.25) is 9.69 Å². The minimum Gasteiger partial charge on any atom is -0.497 e. The highest BCUT2D eigenvalue weighted by atomic mass is 16.5. The molecule has 3 aromatic rings. The van der Waals surface area contributed by atoms with E-state index >= 15 is 0 Å². The summed E-state index contributed by atoms with van der Waals surface area (Å²) in [6, 6.07) is 9.98. The highest BCUT2D eigenvalue weighted by molar-refractivity contribution is 5.98. The first-order valence-electron chi connectivity index (χ1n) is 9.93. The van der Waals surface area contributed by atoms with E-state index in [1.165, 1.54) is 0 Å².